The Hall–Kier alpha value is -2.12. The third-order valence-electron chi connectivity index (χ3n) is 2.58. The van der Waals surface area contributed by atoms with Crippen LogP contribution >= 0.6 is 0 Å². The van der Waals surface area contributed by atoms with Crippen molar-refractivity contribution in [3.05, 3.63) is 0 Å². The Morgan fingerprint density at radius 3 is 2.94 bits per heavy atom. The predicted octanol–water partition coefficient (Wildman–Crippen LogP) is -0.924. The fraction of sp³-hybridized carbons (Fsp3) is 0.556. The fourth-order valence-electron chi connectivity index (χ4n) is 1.66. The molecule has 92 valence electrons. The van der Waals surface area contributed by atoms with Crippen LogP contribution in [0.1, 0.15) is 13.8 Å². The zero-order valence-electron chi connectivity index (χ0n) is 9.47. The van der Waals surface area contributed by atoms with E-state index in [2.05, 4.69) is 10.5 Å². The first kappa shape index (κ1) is 11.4. The fourth-order valence-corrected chi connectivity index (χ4v) is 1.66. The highest BCUT2D eigenvalue weighted by Crippen LogP contribution is 2.17. The van der Waals surface area contributed by atoms with Gasteiger partial charge >= 0.3 is 6.09 Å². The van der Waals surface area contributed by atoms with Crippen molar-refractivity contribution in [3.8, 4) is 0 Å². The number of guanidine groups is 1. The number of nitrogens with zero attached hydrogens (tertiary/aromatic N) is 3. The number of nitrogens with one attached hydrogen (secondary N) is 1. The number of carbonyl (C=O) groups is 3. The van der Waals surface area contributed by atoms with Crippen molar-refractivity contribution in [2.24, 2.45) is 5.10 Å². The van der Waals surface area contributed by atoms with E-state index in [1.54, 1.807) is 13.8 Å². The molecular formula is C9H12N4O4. The number of imide groups is 1. The Balaban J connectivity index is 2.28. The van der Waals surface area contributed by atoms with Crippen LogP contribution in [-0.2, 0) is 14.3 Å². The highest BCUT2D eigenvalue weighted by Gasteiger charge is 2.45. The van der Waals surface area contributed by atoms with Gasteiger partial charge in [-0.1, -0.05) is 0 Å². The van der Waals surface area contributed by atoms with Crippen molar-refractivity contribution in [1.29, 1.82) is 0 Å². The Morgan fingerprint density at radius 2 is 2.29 bits per heavy atom. The number of hydrazone groups is 1. The largest absolute Gasteiger partial charge is 0.449 e. The van der Waals surface area contributed by atoms with Crippen molar-refractivity contribution in [2.75, 3.05) is 13.2 Å². The number of hydrogen-bond donors (Lipinski definition) is 1. The molecule has 1 fully saturated rings. The molecule has 1 N–H and O–H groups in total. The van der Waals surface area contributed by atoms with Crippen molar-refractivity contribution >= 4 is 23.9 Å². The Bertz CT molecular complexity index is 419. The lowest BCUT2D eigenvalue weighted by Crippen LogP contribution is -2.52. The molecule has 2 rings (SSSR count). The van der Waals surface area contributed by atoms with Gasteiger partial charge in [-0.15, -0.1) is 5.10 Å². The van der Waals surface area contributed by atoms with Gasteiger partial charge in [-0.25, -0.2) is 10.2 Å². The second kappa shape index (κ2) is 4.04. The van der Waals surface area contributed by atoms with E-state index in [0.717, 1.165) is 4.90 Å². The molecule has 1 atom stereocenters. The smallest absolute Gasteiger partial charge is 0.423 e. The van der Waals surface area contributed by atoms with Crippen LogP contribution in [0.5, 0.6) is 0 Å². The van der Waals surface area contributed by atoms with Crippen LogP contribution in [0.25, 0.3) is 0 Å². The van der Waals surface area contributed by atoms with Crippen molar-refractivity contribution in [2.45, 2.75) is 19.9 Å². The molecule has 2 aliphatic rings. The minimum Gasteiger partial charge on any atom is -0.449 e. The van der Waals surface area contributed by atoms with E-state index in [-0.39, 0.29) is 25.0 Å². The van der Waals surface area contributed by atoms with Crippen LogP contribution in [-0.4, -0.2) is 52.9 Å². The molecule has 17 heavy (non-hydrogen) atoms. The van der Waals surface area contributed by atoms with E-state index in [9.17, 15) is 14.4 Å². The zero-order chi connectivity index (χ0) is 12.6. The maximum atomic E-state index is 11.7. The average molecular weight is 240 g/mol. The lowest BCUT2D eigenvalue weighted by atomic mass is 10.3. The molecule has 2 heterocycles. The normalized spacial score (nSPS) is 23.2. The molecule has 0 saturated carbocycles. The van der Waals surface area contributed by atoms with Gasteiger partial charge in [-0.2, -0.15) is 4.90 Å². The minimum atomic E-state index is -0.776. The molecule has 2 aliphatic heterocycles. The molecule has 1 unspecified atom stereocenters. The summed E-state index contributed by atoms with van der Waals surface area (Å²) in [4.78, 5) is 36.9. The van der Waals surface area contributed by atoms with Gasteiger partial charge in [0.25, 0.3) is 11.8 Å². The van der Waals surface area contributed by atoms with Crippen LogP contribution in [0.4, 0.5) is 4.79 Å². The standard InChI is InChI=1S/C9H12N4O4/c1-3-17-9(16)13-6(14)4-12-5(2)7(15)10-11-8(12)13/h5H,3-4H2,1-2H3,(H,10,15). The van der Waals surface area contributed by atoms with E-state index < -0.39 is 18.0 Å². The second-order valence-electron chi connectivity index (χ2n) is 3.62. The molecule has 1 saturated heterocycles. The predicted molar refractivity (Wildman–Crippen MR) is 55.6 cm³/mol. The first-order valence-corrected chi connectivity index (χ1v) is 5.20. The van der Waals surface area contributed by atoms with Gasteiger partial charge in [0.1, 0.15) is 12.6 Å². The first-order chi connectivity index (χ1) is 8.06. The summed E-state index contributed by atoms with van der Waals surface area (Å²) in [6.45, 7) is 3.39. The SMILES string of the molecule is CCOC(=O)N1C(=O)CN2C1=NNC(=O)C2C. The van der Waals surface area contributed by atoms with Gasteiger partial charge < -0.3 is 9.64 Å². The second-order valence-corrected chi connectivity index (χ2v) is 3.62. The molecule has 8 nitrogen and oxygen atoms in total. The van der Waals surface area contributed by atoms with Gasteiger partial charge in [-0.3, -0.25) is 9.59 Å². The topological polar surface area (TPSA) is 91.3 Å². The highest BCUT2D eigenvalue weighted by molar-refractivity contribution is 6.16. The van der Waals surface area contributed by atoms with E-state index in [1.807, 2.05) is 0 Å². The molecule has 0 spiro atoms. The monoisotopic (exact) mass is 240 g/mol. The molecule has 0 radical (unpaired) electrons. The van der Waals surface area contributed by atoms with Crippen LogP contribution < -0.4 is 5.43 Å². The van der Waals surface area contributed by atoms with Crippen molar-refractivity contribution in [3.63, 3.8) is 0 Å². The van der Waals surface area contributed by atoms with Crippen molar-refractivity contribution in [1.82, 2.24) is 15.2 Å². The maximum Gasteiger partial charge on any atom is 0.423 e. The van der Waals surface area contributed by atoms with Gasteiger partial charge in [-0.05, 0) is 13.8 Å². The molecular weight excluding hydrogens is 228 g/mol. The van der Waals surface area contributed by atoms with Gasteiger partial charge in [0.15, 0.2) is 0 Å². The Kier molecular flexibility index (Phi) is 2.70. The lowest BCUT2D eigenvalue weighted by Gasteiger charge is -2.28. The number of carbonyl (C=O) groups excluding carboxylic acids is 3. The summed E-state index contributed by atoms with van der Waals surface area (Å²) >= 11 is 0. The Labute approximate surface area is 97.2 Å². The van der Waals surface area contributed by atoms with Crippen LogP contribution in [0.3, 0.4) is 0 Å². The van der Waals surface area contributed by atoms with Crippen LogP contribution in [0.15, 0.2) is 5.10 Å². The summed E-state index contributed by atoms with van der Waals surface area (Å²) in [5.74, 6) is -0.654. The third-order valence-corrected chi connectivity index (χ3v) is 2.58. The number of ether oxygens (including phenoxy) is 1. The molecule has 0 bridgehead atoms. The van der Waals surface area contributed by atoms with E-state index >= 15 is 0 Å². The molecule has 0 aliphatic carbocycles. The average Bonchev–Trinajstić information content (AvgIpc) is 2.61. The summed E-state index contributed by atoms with van der Waals surface area (Å²) in [6, 6.07) is -0.536. The molecule has 8 heteroatoms. The van der Waals surface area contributed by atoms with Crippen LogP contribution in [0, 0.1) is 0 Å². The summed E-state index contributed by atoms with van der Waals surface area (Å²) < 4.78 is 4.75. The zero-order valence-corrected chi connectivity index (χ0v) is 9.47. The van der Waals surface area contributed by atoms with Crippen molar-refractivity contribution < 1.29 is 19.1 Å². The summed E-state index contributed by atoms with van der Waals surface area (Å²) in [7, 11) is 0. The van der Waals surface area contributed by atoms with Gasteiger partial charge in [0, 0.05) is 0 Å². The number of rotatable bonds is 1. The quantitative estimate of drug-likeness (QED) is 0.639. The van der Waals surface area contributed by atoms with E-state index in [4.69, 9.17) is 4.74 Å². The summed E-state index contributed by atoms with van der Waals surface area (Å²) in [5.41, 5.74) is 2.26. The van der Waals surface area contributed by atoms with Gasteiger partial charge in [0.2, 0.25) is 5.96 Å². The molecule has 0 aromatic rings. The van der Waals surface area contributed by atoms with Crippen LogP contribution in [0.2, 0.25) is 0 Å². The summed E-state index contributed by atoms with van der Waals surface area (Å²) in [6.07, 6.45) is -0.776. The summed E-state index contributed by atoms with van der Waals surface area (Å²) in [5, 5.41) is 3.71. The van der Waals surface area contributed by atoms with E-state index in [1.165, 1.54) is 4.90 Å². The number of fused-ring (bicyclic) bond motifs is 1. The molecule has 0 aromatic heterocycles. The highest BCUT2D eigenvalue weighted by atomic mass is 16.6. The number of hydrogen-bond acceptors (Lipinski definition) is 6. The first-order valence-electron chi connectivity index (χ1n) is 5.20. The maximum absolute atomic E-state index is 11.7. The van der Waals surface area contributed by atoms with E-state index in [0.29, 0.717) is 0 Å². The number of amides is 3. The van der Waals surface area contributed by atoms with Gasteiger partial charge in [0.05, 0.1) is 6.61 Å². The molecule has 3 amide bonds. The Morgan fingerprint density at radius 1 is 1.59 bits per heavy atom. The minimum absolute atomic E-state index is 0.0494. The third kappa shape index (κ3) is 1.71. The molecule has 0 aromatic carbocycles. The lowest BCUT2D eigenvalue weighted by molar-refractivity contribution is -0.125.